The van der Waals surface area contributed by atoms with Crippen LogP contribution in [0.4, 0.5) is 0 Å². The van der Waals surface area contributed by atoms with Crippen molar-refractivity contribution in [2.75, 3.05) is 0 Å². The highest BCUT2D eigenvalue weighted by Gasteiger charge is 2.39. The highest BCUT2D eigenvalue weighted by atomic mass is 32.2. The zero-order valence-electron chi connectivity index (χ0n) is 10.1. The second-order valence-corrected chi connectivity index (χ2v) is 5.48. The topological polar surface area (TPSA) is 95.5 Å². The first-order chi connectivity index (χ1) is 7.65. The Morgan fingerprint density at radius 1 is 1.47 bits per heavy atom. The van der Waals surface area contributed by atoms with Crippen LogP contribution in [0.2, 0.25) is 0 Å². The maximum atomic E-state index is 11.2. The van der Waals surface area contributed by atoms with Crippen molar-refractivity contribution in [2.45, 2.75) is 31.7 Å². The highest BCUT2D eigenvalue weighted by Crippen LogP contribution is 2.14. The fourth-order valence-electron chi connectivity index (χ4n) is 1.19. The third kappa shape index (κ3) is 5.01. The van der Waals surface area contributed by atoms with Crippen molar-refractivity contribution < 1.29 is 17.8 Å². The summed E-state index contributed by atoms with van der Waals surface area (Å²) >= 11 is 0. The van der Waals surface area contributed by atoms with Crippen molar-refractivity contribution in [2.24, 2.45) is 0 Å². The lowest BCUT2D eigenvalue weighted by Crippen LogP contribution is -2.59. The average molecular weight is 262 g/mol. The van der Waals surface area contributed by atoms with E-state index >= 15 is 0 Å². The first-order valence-electron chi connectivity index (χ1n) is 4.93. The van der Waals surface area contributed by atoms with Crippen LogP contribution in [-0.4, -0.2) is 29.8 Å². The average Bonchev–Trinajstić information content (AvgIpc) is 2.20. The van der Waals surface area contributed by atoms with Gasteiger partial charge >= 0.3 is 0 Å². The lowest BCUT2D eigenvalue weighted by molar-refractivity contribution is -0.117. The molecule has 0 aliphatic rings. The van der Waals surface area contributed by atoms with Gasteiger partial charge in [-0.25, -0.2) is 0 Å². The van der Waals surface area contributed by atoms with Gasteiger partial charge in [-0.05, 0) is 33.0 Å². The van der Waals surface area contributed by atoms with Gasteiger partial charge in [-0.2, -0.15) is 8.42 Å². The Bertz CT molecular complexity index is 412. The summed E-state index contributed by atoms with van der Waals surface area (Å²) < 4.78 is 31.6. The van der Waals surface area contributed by atoms with E-state index in [-0.39, 0.29) is 0 Å². The summed E-state index contributed by atoms with van der Waals surface area (Å²) in [6, 6.07) is 0. The molecule has 0 aromatic carbocycles. The van der Waals surface area contributed by atoms with E-state index in [1.165, 1.54) is 20.0 Å². The summed E-state index contributed by atoms with van der Waals surface area (Å²) in [5, 5.41) is 3.47. The summed E-state index contributed by atoms with van der Waals surface area (Å²) in [7, 11) is -4.43. The molecule has 0 rings (SSSR count). The molecule has 0 aliphatic carbocycles. The van der Waals surface area contributed by atoms with E-state index in [0.717, 1.165) is 6.08 Å². The Kier molecular flexibility index (Phi) is 5.37. The first kappa shape index (κ1) is 15.7. The minimum atomic E-state index is -4.43. The standard InChI is InChI=1S/C10H18N2O4S/c1-5-7-11-10(3,4)9(17(14,15)16)12-8(13)6-2/h5-7,9,11H,2H2,1,3-4H3,(H,12,13)(H,14,15,16). The van der Waals surface area contributed by atoms with Crippen molar-refractivity contribution in [1.82, 2.24) is 10.6 Å². The second-order valence-electron chi connectivity index (χ2n) is 3.97. The van der Waals surface area contributed by atoms with E-state index in [4.69, 9.17) is 4.55 Å². The largest absolute Gasteiger partial charge is 0.383 e. The third-order valence-corrected chi connectivity index (χ3v) is 3.34. The van der Waals surface area contributed by atoms with Crippen LogP contribution in [-0.2, 0) is 14.9 Å². The molecule has 0 spiro atoms. The fourth-order valence-corrected chi connectivity index (χ4v) is 2.27. The fraction of sp³-hybridized carbons (Fsp3) is 0.500. The molecule has 0 aliphatic heterocycles. The van der Waals surface area contributed by atoms with Crippen molar-refractivity contribution in [3.05, 3.63) is 24.9 Å². The lowest BCUT2D eigenvalue weighted by Gasteiger charge is -2.32. The molecule has 0 aromatic heterocycles. The van der Waals surface area contributed by atoms with Crippen molar-refractivity contribution >= 4 is 16.0 Å². The zero-order chi connectivity index (χ0) is 13.7. The van der Waals surface area contributed by atoms with Gasteiger partial charge in [0.1, 0.15) is 0 Å². The minimum Gasteiger partial charge on any atom is -0.383 e. The molecule has 0 heterocycles. The Hall–Kier alpha value is -1.34. The Morgan fingerprint density at radius 2 is 2.00 bits per heavy atom. The smallest absolute Gasteiger partial charge is 0.288 e. The van der Waals surface area contributed by atoms with Gasteiger partial charge in [0.2, 0.25) is 5.91 Å². The second kappa shape index (κ2) is 5.83. The molecular formula is C10H18N2O4S. The van der Waals surface area contributed by atoms with Crippen LogP contribution >= 0.6 is 0 Å². The van der Waals surface area contributed by atoms with E-state index in [2.05, 4.69) is 17.2 Å². The number of hydrogen-bond donors (Lipinski definition) is 3. The number of carbonyl (C=O) groups excluding carboxylic acids is 1. The molecule has 0 fully saturated rings. The highest BCUT2D eigenvalue weighted by molar-refractivity contribution is 7.86. The molecule has 1 atom stereocenters. The maximum Gasteiger partial charge on any atom is 0.288 e. The van der Waals surface area contributed by atoms with Crippen LogP contribution in [0.1, 0.15) is 20.8 Å². The van der Waals surface area contributed by atoms with Gasteiger partial charge in [0.05, 0.1) is 5.54 Å². The third-order valence-electron chi connectivity index (χ3n) is 2.03. The first-order valence-corrected chi connectivity index (χ1v) is 6.43. The van der Waals surface area contributed by atoms with Crippen LogP contribution in [0.5, 0.6) is 0 Å². The van der Waals surface area contributed by atoms with E-state index in [9.17, 15) is 13.2 Å². The molecule has 98 valence electrons. The maximum absolute atomic E-state index is 11.2. The summed E-state index contributed by atoms with van der Waals surface area (Å²) in [5.74, 6) is -0.678. The molecular weight excluding hydrogens is 244 g/mol. The van der Waals surface area contributed by atoms with Crippen molar-refractivity contribution in [1.29, 1.82) is 0 Å². The lowest BCUT2D eigenvalue weighted by atomic mass is 10.1. The zero-order valence-corrected chi connectivity index (χ0v) is 10.9. The monoisotopic (exact) mass is 262 g/mol. The summed E-state index contributed by atoms with van der Waals surface area (Å²) in [4.78, 5) is 11.1. The SMILES string of the molecule is C=CC(=O)NC(C(C)(C)NC=CC)S(=O)(=O)O. The van der Waals surface area contributed by atoms with E-state index < -0.39 is 26.9 Å². The molecule has 0 bridgehead atoms. The molecule has 3 N–H and O–H groups in total. The molecule has 1 amide bonds. The Morgan fingerprint density at radius 3 is 2.35 bits per heavy atom. The molecule has 0 saturated heterocycles. The van der Waals surface area contributed by atoms with Crippen LogP contribution in [0, 0.1) is 0 Å². The number of rotatable bonds is 6. The molecule has 17 heavy (non-hydrogen) atoms. The Balaban J connectivity index is 5.18. The number of carbonyl (C=O) groups is 1. The quantitative estimate of drug-likeness (QED) is 0.476. The predicted octanol–water partition coefficient (Wildman–Crippen LogP) is 0.404. The van der Waals surface area contributed by atoms with Gasteiger partial charge in [-0.3, -0.25) is 9.35 Å². The molecule has 7 heteroatoms. The molecule has 0 saturated carbocycles. The number of hydrogen-bond acceptors (Lipinski definition) is 4. The number of nitrogens with one attached hydrogen (secondary N) is 2. The summed E-state index contributed by atoms with van der Waals surface area (Å²) in [6.07, 6.45) is 4.13. The van der Waals surface area contributed by atoms with Crippen molar-refractivity contribution in [3.63, 3.8) is 0 Å². The van der Waals surface area contributed by atoms with Gasteiger partial charge in [0.15, 0.2) is 5.37 Å². The number of amides is 1. The van der Waals surface area contributed by atoms with E-state index in [1.54, 1.807) is 13.0 Å². The van der Waals surface area contributed by atoms with E-state index in [1.807, 2.05) is 0 Å². The van der Waals surface area contributed by atoms with Crippen LogP contribution in [0.25, 0.3) is 0 Å². The van der Waals surface area contributed by atoms with Gasteiger partial charge < -0.3 is 10.6 Å². The van der Waals surface area contributed by atoms with Crippen molar-refractivity contribution in [3.8, 4) is 0 Å². The minimum absolute atomic E-state index is 0.678. The van der Waals surface area contributed by atoms with Crippen LogP contribution in [0.15, 0.2) is 24.9 Å². The van der Waals surface area contributed by atoms with Gasteiger partial charge in [0, 0.05) is 0 Å². The predicted molar refractivity (Wildman–Crippen MR) is 65.7 cm³/mol. The van der Waals surface area contributed by atoms with Gasteiger partial charge in [0.25, 0.3) is 10.1 Å². The molecule has 1 unspecified atom stereocenters. The van der Waals surface area contributed by atoms with Crippen LogP contribution < -0.4 is 10.6 Å². The summed E-state index contributed by atoms with van der Waals surface area (Å²) in [6.45, 7) is 8.03. The number of allylic oxidation sites excluding steroid dienone is 1. The Labute approximate surface area is 102 Å². The molecule has 6 nitrogen and oxygen atoms in total. The van der Waals surface area contributed by atoms with Crippen LogP contribution in [0.3, 0.4) is 0 Å². The molecule has 0 radical (unpaired) electrons. The van der Waals surface area contributed by atoms with E-state index in [0.29, 0.717) is 0 Å². The summed E-state index contributed by atoms with van der Waals surface area (Å²) in [5.41, 5.74) is -1.07. The van der Waals surface area contributed by atoms with Gasteiger partial charge in [-0.15, -0.1) is 0 Å². The van der Waals surface area contributed by atoms with Gasteiger partial charge in [-0.1, -0.05) is 12.7 Å². The molecule has 0 aromatic rings. The normalized spacial score (nSPS) is 14.4.